The molecule has 4 aromatic rings. The molecule has 10 heteroatoms. The van der Waals surface area contributed by atoms with E-state index >= 15 is 0 Å². The minimum absolute atomic E-state index is 0.00297. The zero-order chi connectivity index (χ0) is 28.9. The Balaban J connectivity index is 1.16. The molecule has 1 amide bonds. The van der Waals surface area contributed by atoms with Gasteiger partial charge in [0.2, 0.25) is 0 Å². The van der Waals surface area contributed by atoms with Crippen molar-refractivity contribution in [2.75, 3.05) is 57.9 Å². The molecule has 2 aliphatic rings. The molecule has 1 atom stereocenters. The molecule has 6 rings (SSSR count). The Morgan fingerprint density at radius 3 is 2.43 bits per heavy atom. The van der Waals surface area contributed by atoms with Crippen LogP contribution in [0.1, 0.15) is 17.4 Å². The summed E-state index contributed by atoms with van der Waals surface area (Å²) in [5.74, 6) is -0.386. The second-order valence-corrected chi connectivity index (χ2v) is 11.4. The molecular weight excluding hydrogens is 601 g/mol. The molecule has 2 fully saturated rings. The van der Waals surface area contributed by atoms with Crippen LogP contribution >= 0.6 is 15.9 Å². The molecule has 2 aliphatic heterocycles. The Bertz CT molecular complexity index is 1490. The first-order valence-corrected chi connectivity index (χ1v) is 15.0. The maximum absolute atomic E-state index is 13.7. The van der Waals surface area contributed by atoms with Gasteiger partial charge in [-0.2, -0.15) is 5.10 Å². The van der Waals surface area contributed by atoms with Crippen LogP contribution in [0.2, 0.25) is 0 Å². The van der Waals surface area contributed by atoms with Crippen LogP contribution in [0, 0.1) is 5.82 Å². The lowest BCUT2D eigenvalue weighted by molar-refractivity contribution is -0.128. The molecule has 0 radical (unpaired) electrons. The number of halogens is 2. The second-order valence-electron chi connectivity index (χ2n) is 10.4. The molecule has 8 nitrogen and oxygen atoms in total. The average Bonchev–Trinajstić information content (AvgIpc) is 3.61. The quantitative estimate of drug-likeness (QED) is 0.256. The van der Waals surface area contributed by atoms with Gasteiger partial charge in [0.1, 0.15) is 18.1 Å². The van der Waals surface area contributed by atoms with Crippen LogP contribution in [-0.2, 0) is 20.7 Å². The summed E-state index contributed by atoms with van der Waals surface area (Å²) < 4.78 is 27.9. The van der Waals surface area contributed by atoms with E-state index in [9.17, 15) is 9.18 Å². The Kier molecular flexibility index (Phi) is 8.95. The summed E-state index contributed by atoms with van der Waals surface area (Å²) in [6, 6.07) is 22.4. The number of benzene rings is 3. The van der Waals surface area contributed by atoms with Crippen LogP contribution < -0.4 is 5.32 Å². The maximum atomic E-state index is 13.7. The first kappa shape index (κ1) is 28.5. The molecule has 2 saturated heterocycles. The lowest BCUT2D eigenvalue weighted by Gasteiger charge is -2.26. The average molecular weight is 635 g/mol. The Labute approximate surface area is 253 Å². The Morgan fingerprint density at radius 1 is 0.952 bits per heavy atom. The first-order valence-electron chi connectivity index (χ1n) is 14.2. The highest BCUT2D eigenvalue weighted by molar-refractivity contribution is 9.10. The van der Waals surface area contributed by atoms with E-state index in [2.05, 4.69) is 50.4 Å². The van der Waals surface area contributed by atoms with Gasteiger partial charge >= 0.3 is 0 Å². The van der Waals surface area contributed by atoms with E-state index in [4.69, 9.17) is 14.6 Å². The zero-order valence-corrected chi connectivity index (χ0v) is 24.8. The van der Waals surface area contributed by atoms with E-state index in [0.29, 0.717) is 18.7 Å². The standard InChI is InChI=1S/C32H33BrFN5O3/c33-25-5-11-28(12-6-25)39-21-29(31(36-39)24-3-7-26(34)8-4-24)32-38(30(40)22-42-32)15-13-23-1-9-27(10-2-23)35-14-16-37-17-19-41-20-18-37/h1-12,21,32,35H,13-20,22H2. The summed E-state index contributed by atoms with van der Waals surface area (Å²) >= 11 is 3.48. The molecule has 1 N–H and O–H groups in total. The minimum atomic E-state index is -0.595. The molecule has 0 aliphatic carbocycles. The van der Waals surface area contributed by atoms with Gasteiger partial charge in [0, 0.05) is 60.2 Å². The van der Waals surface area contributed by atoms with Gasteiger partial charge in [0.05, 0.1) is 18.9 Å². The van der Waals surface area contributed by atoms with E-state index < -0.39 is 6.23 Å². The van der Waals surface area contributed by atoms with Crippen molar-refractivity contribution in [2.24, 2.45) is 0 Å². The van der Waals surface area contributed by atoms with E-state index in [-0.39, 0.29) is 18.3 Å². The number of rotatable bonds is 10. The summed E-state index contributed by atoms with van der Waals surface area (Å²) in [5, 5.41) is 8.33. The van der Waals surface area contributed by atoms with Crippen LogP contribution in [0.25, 0.3) is 16.9 Å². The highest BCUT2D eigenvalue weighted by Gasteiger charge is 2.36. The third-order valence-electron chi connectivity index (χ3n) is 7.64. The second kappa shape index (κ2) is 13.2. The van der Waals surface area contributed by atoms with Crippen LogP contribution in [0.3, 0.4) is 0 Å². The summed E-state index contributed by atoms with van der Waals surface area (Å²) in [4.78, 5) is 17.2. The van der Waals surface area contributed by atoms with Crippen molar-refractivity contribution in [1.29, 1.82) is 0 Å². The largest absolute Gasteiger partial charge is 0.384 e. The summed E-state index contributed by atoms with van der Waals surface area (Å²) in [6.45, 7) is 5.95. The van der Waals surface area contributed by atoms with Crippen molar-refractivity contribution in [3.8, 4) is 16.9 Å². The smallest absolute Gasteiger partial charge is 0.250 e. The van der Waals surface area contributed by atoms with E-state index in [1.165, 1.54) is 12.1 Å². The molecule has 218 valence electrons. The van der Waals surface area contributed by atoms with Gasteiger partial charge in [-0.05, 0) is 72.6 Å². The summed E-state index contributed by atoms with van der Waals surface area (Å²) in [5.41, 5.74) is 5.24. The molecule has 0 spiro atoms. The molecule has 0 bridgehead atoms. The molecule has 1 unspecified atom stereocenters. The van der Waals surface area contributed by atoms with Gasteiger partial charge in [0.25, 0.3) is 5.91 Å². The molecule has 42 heavy (non-hydrogen) atoms. The monoisotopic (exact) mass is 633 g/mol. The van der Waals surface area contributed by atoms with Crippen LogP contribution in [-0.4, -0.2) is 78.0 Å². The minimum Gasteiger partial charge on any atom is -0.384 e. The van der Waals surface area contributed by atoms with Crippen molar-refractivity contribution in [3.05, 3.63) is 100 Å². The number of aromatic nitrogens is 2. The van der Waals surface area contributed by atoms with Crippen molar-refractivity contribution in [2.45, 2.75) is 12.6 Å². The topological polar surface area (TPSA) is 71.9 Å². The Hall–Kier alpha value is -3.57. The van der Waals surface area contributed by atoms with Gasteiger partial charge in [-0.1, -0.05) is 28.1 Å². The highest BCUT2D eigenvalue weighted by atomic mass is 79.9. The lowest BCUT2D eigenvalue weighted by atomic mass is 10.1. The summed E-state index contributed by atoms with van der Waals surface area (Å²) in [7, 11) is 0. The normalized spacial score (nSPS) is 17.6. The van der Waals surface area contributed by atoms with Gasteiger partial charge < -0.3 is 19.7 Å². The number of hydrogen-bond acceptors (Lipinski definition) is 6. The number of amides is 1. The number of carbonyl (C=O) groups excluding carboxylic acids is 1. The van der Waals surface area contributed by atoms with Crippen molar-refractivity contribution < 1.29 is 18.7 Å². The lowest BCUT2D eigenvalue weighted by Crippen LogP contribution is -2.38. The first-order chi connectivity index (χ1) is 20.5. The summed E-state index contributed by atoms with van der Waals surface area (Å²) in [6.07, 6.45) is 1.99. The van der Waals surface area contributed by atoms with E-state index in [1.807, 2.05) is 30.5 Å². The number of ether oxygens (including phenoxy) is 2. The third-order valence-corrected chi connectivity index (χ3v) is 8.17. The number of hydrogen-bond donors (Lipinski definition) is 1. The fourth-order valence-electron chi connectivity index (χ4n) is 5.30. The zero-order valence-electron chi connectivity index (χ0n) is 23.2. The SMILES string of the molecule is O=C1COC(c2cn(-c3ccc(Br)cc3)nc2-c2ccc(F)cc2)N1CCc1ccc(NCCN2CCOCC2)cc1. The number of nitrogens with one attached hydrogen (secondary N) is 1. The molecule has 0 saturated carbocycles. The van der Waals surface area contributed by atoms with Crippen molar-refractivity contribution >= 4 is 27.5 Å². The maximum Gasteiger partial charge on any atom is 0.250 e. The third kappa shape index (κ3) is 6.73. The van der Waals surface area contributed by atoms with Gasteiger partial charge in [-0.25, -0.2) is 9.07 Å². The fourth-order valence-corrected chi connectivity index (χ4v) is 5.57. The van der Waals surface area contributed by atoms with E-state index in [1.54, 1.807) is 21.7 Å². The molecule has 3 aromatic carbocycles. The highest BCUT2D eigenvalue weighted by Crippen LogP contribution is 2.35. The predicted octanol–water partition coefficient (Wildman–Crippen LogP) is 5.29. The van der Waals surface area contributed by atoms with Crippen molar-refractivity contribution in [1.82, 2.24) is 19.6 Å². The predicted molar refractivity (Wildman–Crippen MR) is 163 cm³/mol. The van der Waals surface area contributed by atoms with Crippen molar-refractivity contribution in [3.63, 3.8) is 0 Å². The number of carbonyl (C=O) groups is 1. The van der Waals surface area contributed by atoms with Crippen LogP contribution in [0.5, 0.6) is 0 Å². The molecule has 3 heterocycles. The molecular formula is C32H33BrFN5O3. The number of nitrogens with zero attached hydrogens (tertiary/aromatic N) is 4. The van der Waals surface area contributed by atoms with E-state index in [0.717, 1.165) is 71.9 Å². The van der Waals surface area contributed by atoms with Gasteiger partial charge in [-0.15, -0.1) is 0 Å². The van der Waals surface area contributed by atoms with Gasteiger partial charge in [-0.3, -0.25) is 9.69 Å². The molecule has 1 aromatic heterocycles. The van der Waals surface area contributed by atoms with Gasteiger partial charge in [0.15, 0.2) is 6.23 Å². The Morgan fingerprint density at radius 2 is 1.69 bits per heavy atom. The number of anilines is 1. The number of morpholine rings is 1. The fraction of sp³-hybridized carbons (Fsp3) is 0.312. The van der Waals surface area contributed by atoms with Crippen LogP contribution in [0.15, 0.2) is 83.5 Å². The van der Waals surface area contributed by atoms with Crippen LogP contribution in [0.4, 0.5) is 10.1 Å².